The van der Waals surface area contributed by atoms with Crippen LogP contribution in [0.4, 0.5) is 11.4 Å². The van der Waals surface area contributed by atoms with Gasteiger partial charge in [0.2, 0.25) is 5.91 Å². The largest absolute Gasteiger partial charge is 0.325 e. The van der Waals surface area contributed by atoms with Gasteiger partial charge in [0.05, 0.1) is 10.6 Å². The molecule has 31 heavy (non-hydrogen) atoms. The van der Waals surface area contributed by atoms with E-state index in [2.05, 4.69) is 21.2 Å². The number of rotatable bonds is 6. The van der Waals surface area contributed by atoms with Crippen molar-refractivity contribution in [3.8, 4) is 0 Å². The van der Waals surface area contributed by atoms with Gasteiger partial charge >= 0.3 is 0 Å². The maximum absolute atomic E-state index is 12.9. The van der Waals surface area contributed by atoms with Crippen LogP contribution in [0, 0.1) is 10.1 Å². The minimum absolute atomic E-state index is 0.0757. The summed E-state index contributed by atoms with van der Waals surface area (Å²) in [5.41, 5.74) is 1.27. The molecular weight excluding hydrogens is 466 g/mol. The highest BCUT2D eigenvalue weighted by atomic mass is 79.9. The van der Waals surface area contributed by atoms with E-state index in [1.54, 1.807) is 24.3 Å². The van der Waals surface area contributed by atoms with Crippen molar-refractivity contribution in [1.29, 1.82) is 0 Å². The van der Waals surface area contributed by atoms with Crippen LogP contribution < -0.4 is 5.32 Å². The Morgan fingerprint density at radius 3 is 2.26 bits per heavy atom. The Kier molecular flexibility index (Phi) is 5.51. The van der Waals surface area contributed by atoms with Gasteiger partial charge in [0.15, 0.2) is 0 Å². The molecule has 0 unspecified atom stereocenters. The number of halogens is 1. The predicted octanol–water partition coefficient (Wildman–Crippen LogP) is 4.53. The maximum Gasteiger partial charge on any atom is 0.270 e. The highest BCUT2D eigenvalue weighted by Gasteiger charge is 2.32. The second kappa shape index (κ2) is 8.27. The van der Waals surface area contributed by atoms with Gasteiger partial charge in [-0.1, -0.05) is 24.3 Å². The van der Waals surface area contributed by atoms with Gasteiger partial charge in [-0.05, 0) is 45.9 Å². The molecule has 0 bridgehead atoms. The van der Waals surface area contributed by atoms with Gasteiger partial charge in [0.25, 0.3) is 17.5 Å². The van der Waals surface area contributed by atoms with Crippen molar-refractivity contribution in [3.63, 3.8) is 0 Å². The number of benzene rings is 3. The number of carbonyl (C=O) groups excluding carboxylic acids is 3. The summed E-state index contributed by atoms with van der Waals surface area (Å²) in [4.78, 5) is 49.4. The number of nitrogens with zero attached hydrogens (tertiary/aromatic N) is 2. The van der Waals surface area contributed by atoms with Crippen LogP contribution in [0.3, 0.4) is 0 Å². The van der Waals surface area contributed by atoms with Crippen LogP contribution in [-0.2, 0) is 4.79 Å². The van der Waals surface area contributed by atoms with E-state index in [1.165, 1.54) is 23.1 Å². The first-order valence-corrected chi connectivity index (χ1v) is 10.3. The van der Waals surface area contributed by atoms with Crippen LogP contribution in [0.25, 0.3) is 10.8 Å². The Bertz CT molecular complexity index is 1210. The molecule has 8 nitrogen and oxygen atoms in total. The molecule has 0 radical (unpaired) electrons. The second-order valence-electron chi connectivity index (χ2n) is 7.04. The lowest BCUT2D eigenvalue weighted by Gasteiger charge is -2.27. The molecule has 0 saturated carbocycles. The summed E-state index contributed by atoms with van der Waals surface area (Å²) in [7, 11) is 0. The quantitative estimate of drug-likeness (QED) is 0.316. The molecule has 1 N–H and O–H groups in total. The Labute approximate surface area is 185 Å². The zero-order valence-electron chi connectivity index (χ0n) is 16.1. The molecule has 1 aliphatic heterocycles. The molecule has 156 valence electrons. The van der Waals surface area contributed by atoms with Gasteiger partial charge in [0, 0.05) is 46.1 Å². The number of amides is 3. The third kappa shape index (κ3) is 3.91. The zero-order chi connectivity index (χ0) is 22.1. The van der Waals surface area contributed by atoms with Crippen molar-refractivity contribution in [2.75, 3.05) is 11.9 Å². The molecule has 9 heteroatoms. The Hall–Kier alpha value is -3.59. The standard InChI is InChI=1S/C22H16BrN3O5/c23-17-12-14(26(30)31)9-10-18(17)24-19(27)8-3-11-25-21(28)15-6-1-4-13-5-2-7-16(20(13)15)22(25)29/h1-2,4-7,9-10,12H,3,8,11H2,(H,24,27). The number of anilines is 1. The van der Waals surface area contributed by atoms with Crippen LogP contribution in [0.15, 0.2) is 59.1 Å². The minimum Gasteiger partial charge on any atom is -0.325 e. The highest BCUT2D eigenvalue weighted by molar-refractivity contribution is 9.10. The third-order valence-corrected chi connectivity index (χ3v) is 5.74. The van der Waals surface area contributed by atoms with Crippen molar-refractivity contribution in [1.82, 2.24) is 4.90 Å². The van der Waals surface area contributed by atoms with Gasteiger partial charge in [-0.2, -0.15) is 0 Å². The lowest BCUT2D eigenvalue weighted by atomic mass is 9.94. The summed E-state index contributed by atoms with van der Waals surface area (Å²) in [5.74, 6) is -1.06. The summed E-state index contributed by atoms with van der Waals surface area (Å²) >= 11 is 3.20. The van der Waals surface area contributed by atoms with E-state index < -0.39 is 4.92 Å². The molecule has 0 aliphatic carbocycles. The second-order valence-corrected chi connectivity index (χ2v) is 7.90. The predicted molar refractivity (Wildman–Crippen MR) is 118 cm³/mol. The average molecular weight is 482 g/mol. The van der Waals surface area contributed by atoms with Crippen molar-refractivity contribution in [3.05, 3.63) is 80.3 Å². The molecule has 1 heterocycles. The normalized spacial score (nSPS) is 12.9. The summed E-state index contributed by atoms with van der Waals surface area (Å²) in [6, 6.07) is 14.7. The molecule has 3 aromatic carbocycles. The highest BCUT2D eigenvalue weighted by Crippen LogP contribution is 2.30. The van der Waals surface area contributed by atoms with Gasteiger partial charge in [-0.15, -0.1) is 0 Å². The molecule has 3 amide bonds. The molecule has 0 saturated heterocycles. The summed E-state index contributed by atoms with van der Waals surface area (Å²) in [6.07, 6.45) is 0.360. The van der Waals surface area contributed by atoms with Crippen molar-refractivity contribution in [2.24, 2.45) is 0 Å². The van der Waals surface area contributed by atoms with E-state index >= 15 is 0 Å². The van der Waals surface area contributed by atoms with E-state index in [1.807, 2.05) is 12.1 Å². The number of hydrogen-bond acceptors (Lipinski definition) is 5. The van der Waals surface area contributed by atoms with Gasteiger partial charge in [-0.25, -0.2) is 0 Å². The SMILES string of the molecule is O=C(CCCN1C(=O)c2cccc3cccc(c23)C1=O)Nc1ccc([N+](=O)[O-])cc1Br. The van der Waals surface area contributed by atoms with Crippen molar-refractivity contribution >= 4 is 55.8 Å². The van der Waals surface area contributed by atoms with Gasteiger partial charge in [0.1, 0.15) is 0 Å². The van der Waals surface area contributed by atoms with Crippen LogP contribution in [0.2, 0.25) is 0 Å². The first kappa shape index (κ1) is 20.7. The van der Waals surface area contributed by atoms with Crippen molar-refractivity contribution < 1.29 is 19.3 Å². The number of hydrogen-bond donors (Lipinski definition) is 1. The lowest BCUT2D eigenvalue weighted by molar-refractivity contribution is -0.384. The number of non-ortho nitro benzene ring substituents is 1. The van der Waals surface area contributed by atoms with Crippen LogP contribution in [0.5, 0.6) is 0 Å². The summed E-state index contributed by atoms with van der Waals surface area (Å²) < 4.78 is 0.390. The van der Waals surface area contributed by atoms with Crippen molar-refractivity contribution in [2.45, 2.75) is 12.8 Å². The molecular formula is C22H16BrN3O5. The fourth-order valence-electron chi connectivity index (χ4n) is 3.61. The fraction of sp³-hybridized carbons (Fsp3) is 0.136. The average Bonchev–Trinajstić information content (AvgIpc) is 2.75. The third-order valence-electron chi connectivity index (χ3n) is 5.08. The lowest BCUT2D eigenvalue weighted by Crippen LogP contribution is -2.41. The smallest absolute Gasteiger partial charge is 0.270 e. The summed E-state index contributed by atoms with van der Waals surface area (Å²) in [6.45, 7) is 0.108. The molecule has 3 aromatic rings. The Morgan fingerprint density at radius 1 is 1.03 bits per heavy atom. The zero-order valence-corrected chi connectivity index (χ0v) is 17.7. The van der Waals surface area contributed by atoms with E-state index in [0.29, 0.717) is 26.7 Å². The minimum atomic E-state index is -0.526. The molecule has 0 atom stereocenters. The van der Waals surface area contributed by atoms with Crippen LogP contribution in [0.1, 0.15) is 33.6 Å². The molecule has 0 spiro atoms. The summed E-state index contributed by atoms with van der Waals surface area (Å²) in [5, 5.41) is 15.0. The van der Waals surface area contributed by atoms with E-state index in [0.717, 1.165) is 5.39 Å². The topological polar surface area (TPSA) is 110 Å². The maximum atomic E-state index is 12.9. The number of carbonyl (C=O) groups is 3. The Morgan fingerprint density at radius 2 is 1.68 bits per heavy atom. The first-order valence-electron chi connectivity index (χ1n) is 9.48. The van der Waals surface area contributed by atoms with E-state index in [9.17, 15) is 24.5 Å². The molecule has 0 fully saturated rings. The number of imide groups is 1. The van der Waals surface area contributed by atoms with Crippen LogP contribution in [-0.4, -0.2) is 34.1 Å². The molecule has 4 rings (SSSR count). The first-order chi connectivity index (χ1) is 14.9. The molecule has 1 aliphatic rings. The van der Waals surface area contributed by atoms with Gasteiger partial charge < -0.3 is 5.32 Å². The monoisotopic (exact) mass is 481 g/mol. The number of nitro groups is 1. The Balaban J connectivity index is 1.41. The van der Waals surface area contributed by atoms with Gasteiger partial charge in [-0.3, -0.25) is 29.4 Å². The van der Waals surface area contributed by atoms with E-state index in [4.69, 9.17) is 0 Å². The number of nitro benzene ring substituents is 1. The van der Waals surface area contributed by atoms with E-state index in [-0.39, 0.29) is 42.8 Å². The fourth-order valence-corrected chi connectivity index (χ4v) is 4.08. The van der Waals surface area contributed by atoms with Crippen LogP contribution >= 0.6 is 15.9 Å². The number of nitrogens with one attached hydrogen (secondary N) is 1. The molecule has 0 aromatic heterocycles.